The number of rotatable bonds is 6. The lowest BCUT2D eigenvalue weighted by Crippen LogP contribution is -2.45. The molecular weight excluding hydrogens is 206 g/mol. The highest BCUT2D eigenvalue weighted by Gasteiger charge is 2.23. The van der Waals surface area contributed by atoms with E-state index in [9.17, 15) is 13.2 Å². The molecule has 0 aliphatic heterocycles. The Bertz CT molecular complexity index is 284. The molecule has 14 heavy (non-hydrogen) atoms. The van der Waals surface area contributed by atoms with Gasteiger partial charge in [-0.2, -0.15) is 0 Å². The Morgan fingerprint density at radius 2 is 1.93 bits per heavy atom. The average molecular weight is 223 g/mol. The molecular formula is C8H17NO4S. The molecule has 0 aliphatic carbocycles. The van der Waals surface area contributed by atoms with Crippen molar-refractivity contribution < 1.29 is 17.9 Å². The van der Waals surface area contributed by atoms with E-state index < -0.39 is 16.1 Å². The number of hydrogen-bond donors (Lipinski definition) is 1. The third-order valence-electron chi connectivity index (χ3n) is 1.60. The van der Waals surface area contributed by atoms with Gasteiger partial charge in [0.1, 0.15) is 6.04 Å². The Labute approximate surface area is 84.9 Å². The summed E-state index contributed by atoms with van der Waals surface area (Å²) in [6, 6.07) is -0.782. The Morgan fingerprint density at radius 3 is 2.21 bits per heavy atom. The third kappa shape index (κ3) is 5.31. The predicted octanol–water partition coefficient (Wildman–Crippen LogP) is -0.224. The Kier molecular flexibility index (Phi) is 5.25. The van der Waals surface area contributed by atoms with Gasteiger partial charge in [-0.15, -0.1) is 0 Å². The van der Waals surface area contributed by atoms with E-state index in [4.69, 9.17) is 4.74 Å². The van der Waals surface area contributed by atoms with Crippen LogP contribution in [0, 0.1) is 5.92 Å². The summed E-state index contributed by atoms with van der Waals surface area (Å²) in [5, 5.41) is 0. The third-order valence-corrected chi connectivity index (χ3v) is 2.31. The van der Waals surface area contributed by atoms with Crippen molar-refractivity contribution in [3.05, 3.63) is 0 Å². The van der Waals surface area contributed by atoms with Crippen LogP contribution >= 0.6 is 0 Å². The number of carbonyl (C=O) groups excluding carboxylic acids is 1. The molecule has 6 heteroatoms. The second kappa shape index (κ2) is 5.43. The van der Waals surface area contributed by atoms with Crippen LogP contribution in [-0.4, -0.2) is 40.2 Å². The number of sulfonamides is 1. The summed E-state index contributed by atoms with van der Waals surface area (Å²) < 4.78 is 28.9. The summed E-state index contributed by atoms with van der Waals surface area (Å²) in [4.78, 5) is 11.5. The zero-order chi connectivity index (χ0) is 11.4. The summed E-state index contributed by atoms with van der Waals surface area (Å²) in [6.45, 7) is 3.49. The summed E-state index contributed by atoms with van der Waals surface area (Å²) in [7, 11) is -1.95. The summed E-state index contributed by atoms with van der Waals surface area (Å²) in [5.41, 5.74) is 0. The normalized spacial score (nSPS) is 14.4. The van der Waals surface area contributed by atoms with Crippen LogP contribution in [0.4, 0.5) is 0 Å². The number of hydrogen-bond acceptors (Lipinski definition) is 4. The molecule has 0 saturated heterocycles. The lowest BCUT2D eigenvalue weighted by Gasteiger charge is -2.17. The minimum atomic E-state index is -3.37. The zero-order valence-corrected chi connectivity index (χ0v) is 9.72. The number of Topliss-reactive ketones (excluding diaryl/α,β-unsaturated/α-hetero) is 1. The van der Waals surface area contributed by atoms with Crippen LogP contribution in [0.5, 0.6) is 0 Å². The average Bonchev–Trinajstić information content (AvgIpc) is 1.99. The van der Waals surface area contributed by atoms with Gasteiger partial charge in [-0.1, -0.05) is 13.8 Å². The fourth-order valence-corrected chi connectivity index (χ4v) is 1.70. The summed E-state index contributed by atoms with van der Waals surface area (Å²) in [5.74, 6) is -0.387. The van der Waals surface area contributed by atoms with Crippen molar-refractivity contribution in [3.63, 3.8) is 0 Å². The molecule has 0 fully saturated rings. The zero-order valence-electron chi connectivity index (χ0n) is 8.90. The molecule has 0 saturated carbocycles. The SMILES string of the molecule is COCC(NS(C)(=O)=O)C(=O)C(C)C. The number of methoxy groups -OCH3 is 1. The predicted molar refractivity (Wildman–Crippen MR) is 53.5 cm³/mol. The van der Waals surface area contributed by atoms with Crippen molar-refractivity contribution in [1.29, 1.82) is 0 Å². The maximum absolute atomic E-state index is 11.5. The first kappa shape index (κ1) is 13.5. The standard InChI is InChI=1S/C8H17NO4S/c1-6(2)8(10)7(5-13-3)9-14(4,11)12/h6-7,9H,5H2,1-4H3. The molecule has 0 radical (unpaired) electrons. The molecule has 5 nitrogen and oxygen atoms in total. The maximum atomic E-state index is 11.5. The van der Waals surface area contributed by atoms with Crippen molar-refractivity contribution >= 4 is 15.8 Å². The van der Waals surface area contributed by atoms with Crippen LogP contribution in [0.1, 0.15) is 13.8 Å². The number of ketones is 1. The molecule has 1 unspecified atom stereocenters. The van der Waals surface area contributed by atoms with Gasteiger partial charge >= 0.3 is 0 Å². The molecule has 0 aromatic heterocycles. The molecule has 0 aromatic carbocycles. The molecule has 0 spiro atoms. The smallest absolute Gasteiger partial charge is 0.209 e. The van der Waals surface area contributed by atoms with Gasteiger partial charge < -0.3 is 4.74 Å². The second-order valence-corrected chi connectivity index (χ2v) is 5.24. The monoisotopic (exact) mass is 223 g/mol. The molecule has 0 aromatic rings. The van der Waals surface area contributed by atoms with Crippen molar-refractivity contribution in [3.8, 4) is 0 Å². The Balaban J connectivity index is 4.52. The molecule has 0 amide bonds. The van der Waals surface area contributed by atoms with Gasteiger partial charge in [0.2, 0.25) is 10.0 Å². The first-order valence-electron chi connectivity index (χ1n) is 4.28. The first-order valence-corrected chi connectivity index (χ1v) is 6.17. The van der Waals surface area contributed by atoms with E-state index in [1.807, 2.05) is 0 Å². The number of nitrogens with one attached hydrogen (secondary N) is 1. The highest BCUT2D eigenvalue weighted by Crippen LogP contribution is 2.01. The maximum Gasteiger partial charge on any atom is 0.209 e. The lowest BCUT2D eigenvalue weighted by atomic mass is 10.0. The van der Waals surface area contributed by atoms with E-state index in [1.54, 1.807) is 13.8 Å². The van der Waals surface area contributed by atoms with E-state index in [1.165, 1.54) is 7.11 Å². The van der Waals surface area contributed by atoms with Crippen LogP contribution in [0.15, 0.2) is 0 Å². The van der Waals surface area contributed by atoms with Gasteiger partial charge in [0.05, 0.1) is 12.9 Å². The molecule has 0 heterocycles. The highest BCUT2D eigenvalue weighted by atomic mass is 32.2. The van der Waals surface area contributed by atoms with Crippen LogP contribution < -0.4 is 4.72 Å². The lowest BCUT2D eigenvalue weighted by molar-refractivity contribution is -0.124. The van der Waals surface area contributed by atoms with Crippen molar-refractivity contribution in [2.75, 3.05) is 20.0 Å². The van der Waals surface area contributed by atoms with E-state index >= 15 is 0 Å². The number of carbonyl (C=O) groups is 1. The Morgan fingerprint density at radius 1 is 1.43 bits per heavy atom. The molecule has 0 rings (SSSR count). The van der Waals surface area contributed by atoms with Crippen LogP contribution in [0.2, 0.25) is 0 Å². The van der Waals surface area contributed by atoms with E-state index in [0.29, 0.717) is 0 Å². The van der Waals surface area contributed by atoms with Gasteiger partial charge in [-0.25, -0.2) is 13.1 Å². The highest BCUT2D eigenvalue weighted by molar-refractivity contribution is 7.88. The van der Waals surface area contributed by atoms with E-state index in [2.05, 4.69) is 4.72 Å². The molecule has 0 bridgehead atoms. The number of ether oxygens (including phenoxy) is 1. The molecule has 0 aliphatic rings. The van der Waals surface area contributed by atoms with Gasteiger partial charge in [-0.3, -0.25) is 4.79 Å². The topological polar surface area (TPSA) is 72.5 Å². The van der Waals surface area contributed by atoms with Crippen molar-refractivity contribution in [2.24, 2.45) is 5.92 Å². The minimum Gasteiger partial charge on any atom is -0.383 e. The molecule has 84 valence electrons. The van der Waals surface area contributed by atoms with Crippen molar-refractivity contribution in [1.82, 2.24) is 4.72 Å². The van der Waals surface area contributed by atoms with Crippen molar-refractivity contribution in [2.45, 2.75) is 19.9 Å². The minimum absolute atomic E-state index is 0.0596. The summed E-state index contributed by atoms with van der Waals surface area (Å²) >= 11 is 0. The van der Waals surface area contributed by atoms with Gasteiger partial charge in [0.15, 0.2) is 5.78 Å². The molecule has 1 atom stereocenters. The first-order chi connectivity index (χ1) is 6.28. The van der Waals surface area contributed by atoms with E-state index in [0.717, 1.165) is 6.26 Å². The van der Waals surface area contributed by atoms with Gasteiger partial charge in [0, 0.05) is 13.0 Å². The van der Waals surface area contributed by atoms with Gasteiger partial charge in [-0.05, 0) is 0 Å². The van der Waals surface area contributed by atoms with Gasteiger partial charge in [0.25, 0.3) is 0 Å². The quantitative estimate of drug-likeness (QED) is 0.675. The van der Waals surface area contributed by atoms with Crippen LogP contribution in [0.3, 0.4) is 0 Å². The molecule has 1 N–H and O–H groups in total. The second-order valence-electron chi connectivity index (χ2n) is 3.46. The van der Waals surface area contributed by atoms with E-state index in [-0.39, 0.29) is 18.3 Å². The van der Waals surface area contributed by atoms with Crippen LogP contribution in [-0.2, 0) is 19.6 Å². The van der Waals surface area contributed by atoms with Crippen LogP contribution in [0.25, 0.3) is 0 Å². The fourth-order valence-electron chi connectivity index (χ4n) is 1.00. The largest absolute Gasteiger partial charge is 0.383 e. The fraction of sp³-hybridized carbons (Fsp3) is 0.875. The summed E-state index contributed by atoms with van der Waals surface area (Å²) in [6.07, 6.45) is 1.02. The Hall–Kier alpha value is -0.460.